The maximum Gasteiger partial charge on any atom is 0.159 e. The lowest BCUT2D eigenvalue weighted by molar-refractivity contribution is 0.137. The van der Waals surface area contributed by atoms with Crippen LogP contribution in [0, 0.1) is 11.6 Å². The summed E-state index contributed by atoms with van der Waals surface area (Å²) in [4.78, 5) is 0. The number of nitrogens with one attached hydrogen (secondary N) is 1. The minimum absolute atomic E-state index is 0.309. The third-order valence-electron chi connectivity index (χ3n) is 3.14. The van der Waals surface area contributed by atoms with Gasteiger partial charge in [-0.2, -0.15) is 0 Å². The largest absolute Gasteiger partial charge is 0.465 e. The molecule has 0 aliphatic heterocycles. The Hall–Kier alpha value is -1.98. The average Bonchev–Trinajstić information content (AvgIpc) is 2.98. The van der Waals surface area contributed by atoms with Crippen LogP contribution in [0.4, 0.5) is 8.78 Å². The molecule has 0 aliphatic rings. The molecule has 1 aromatic heterocycles. The van der Waals surface area contributed by atoms with E-state index in [2.05, 4.69) is 5.32 Å². The van der Waals surface area contributed by atoms with Crippen molar-refractivity contribution in [3.63, 3.8) is 0 Å². The first kappa shape index (κ1) is 15.4. The number of hydrogen-bond acceptors (Lipinski definition) is 3. The predicted octanol–water partition coefficient (Wildman–Crippen LogP) is 3.28. The van der Waals surface area contributed by atoms with Gasteiger partial charge in [0.25, 0.3) is 0 Å². The quantitative estimate of drug-likeness (QED) is 0.859. The van der Waals surface area contributed by atoms with E-state index < -0.39 is 17.7 Å². The topological polar surface area (TPSA) is 45.4 Å². The number of rotatable bonds is 6. The van der Waals surface area contributed by atoms with Crippen LogP contribution >= 0.6 is 0 Å². The zero-order valence-electron chi connectivity index (χ0n) is 11.6. The van der Waals surface area contributed by atoms with Gasteiger partial charge >= 0.3 is 0 Å². The fourth-order valence-corrected chi connectivity index (χ4v) is 1.91. The van der Waals surface area contributed by atoms with Crippen molar-refractivity contribution in [2.24, 2.45) is 0 Å². The van der Waals surface area contributed by atoms with Crippen molar-refractivity contribution >= 4 is 6.08 Å². The molecule has 2 atom stereocenters. The van der Waals surface area contributed by atoms with Crippen LogP contribution in [0.3, 0.4) is 0 Å². The smallest absolute Gasteiger partial charge is 0.159 e. The van der Waals surface area contributed by atoms with Gasteiger partial charge < -0.3 is 14.8 Å². The second-order valence-electron chi connectivity index (χ2n) is 4.73. The van der Waals surface area contributed by atoms with E-state index >= 15 is 0 Å². The monoisotopic (exact) mass is 293 g/mol. The van der Waals surface area contributed by atoms with E-state index in [1.54, 1.807) is 19.3 Å². The van der Waals surface area contributed by atoms with Crippen LogP contribution < -0.4 is 5.32 Å². The molecule has 2 rings (SSSR count). The Morgan fingerprint density at radius 1 is 1.29 bits per heavy atom. The van der Waals surface area contributed by atoms with Crippen LogP contribution in [0.1, 0.15) is 24.4 Å². The molecule has 2 N–H and O–H groups in total. The summed E-state index contributed by atoms with van der Waals surface area (Å²) in [7, 11) is 0. The van der Waals surface area contributed by atoms with Crippen molar-refractivity contribution in [1.82, 2.24) is 5.32 Å². The number of benzene rings is 1. The van der Waals surface area contributed by atoms with E-state index in [0.717, 1.165) is 17.9 Å². The summed E-state index contributed by atoms with van der Waals surface area (Å²) in [6.45, 7) is 2.29. The van der Waals surface area contributed by atoms with E-state index in [0.29, 0.717) is 12.1 Å². The Morgan fingerprint density at radius 3 is 2.76 bits per heavy atom. The second kappa shape index (κ2) is 7.15. The van der Waals surface area contributed by atoms with Crippen LogP contribution in [0.5, 0.6) is 0 Å². The molecule has 0 aliphatic carbocycles. The molecule has 2 aromatic rings. The standard InChI is InChI=1S/C16H17F2NO2/c1-11(19-8-2-4-13-5-3-9-21-13)16(20)12-6-7-14(17)15(18)10-12/h2-7,9-11,16,19-20H,8H2,1H3/b4-2+. The van der Waals surface area contributed by atoms with Crippen molar-refractivity contribution in [2.75, 3.05) is 6.54 Å². The van der Waals surface area contributed by atoms with Gasteiger partial charge in [0.1, 0.15) is 5.76 Å². The Labute approximate surface area is 121 Å². The first-order valence-electron chi connectivity index (χ1n) is 6.64. The summed E-state index contributed by atoms with van der Waals surface area (Å²) in [5.74, 6) is -1.14. The molecule has 1 aromatic carbocycles. The highest BCUT2D eigenvalue weighted by Gasteiger charge is 2.17. The van der Waals surface area contributed by atoms with E-state index in [4.69, 9.17) is 4.42 Å². The zero-order chi connectivity index (χ0) is 15.2. The lowest BCUT2D eigenvalue weighted by Gasteiger charge is -2.20. The van der Waals surface area contributed by atoms with Gasteiger partial charge in [-0.3, -0.25) is 0 Å². The lowest BCUT2D eigenvalue weighted by atomic mass is 10.0. The van der Waals surface area contributed by atoms with Gasteiger partial charge in [-0.15, -0.1) is 0 Å². The van der Waals surface area contributed by atoms with Crippen LogP contribution in [0.25, 0.3) is 6.08 Å². The maximum absolute atomic E-state index is 13.1. The van der Waals surface area contributed by atoms with Gasteiger partial charge in [-0.1, -0.05) is 12.1 Å². The van der Waals surface area contributed by atoms with E-state index in [9.17, 15) is 13.9 Å². The highest BCUT2D eigenvalue weighted by Crippen LogP contribution is 2.19. The molecular weight excluding hydrogens is 276 g/mol. The van der Waals surface area contributed by atoms with Crippen LogP contribution in [-0.2, 0) is 0 Å². The average molecular weight is 293 g/mol. The Balaban J connectivity index is 1.87. The van der Waals surface area contributed by atoms with Gasteiger partial charge in [0.15, 0.2) is 11.6 Å². The lowest BCUT2D eigenvalue weighted by Crippen LogP contribution is -2.32. The molecule has 0 radical (unpaired) electrons. The predicted molar refractivity (Wildman–Crippen MR) is 76.5 cm³/mol. The SMILES string of the molecule is CC(NC/C=C/c1ccco1)C(O)c1ccc(F)c(F)c1. The van der Waals surface area contributed by atoms with Crippen LogP contribution in [0.15, 0.2) is 47.1 Å². The van der Waals surface area contributed by atoms with Gasteiger partial charge in [0.2, 0.25) is 0 Å². The van der Waals surface area contributed by atoms with E-state index in [1.807, 2.05) is 18.2 Å². The zero-order valence-corrected chi connectivity index (χ0v) is 11.6. The molecule has 0 spiro atoms. The summed E-state index contributed by atoms with van der Waals surface area (Å²) in [5, 5.41) is 13.2. The Kier molecular flexibility index (Phi) is 5.25. The molecule has 0 bridgehead atoms. The maximum atomic E-state index is 13.1. The molecular formula is C16H17F2NO2. The molecule has 0 amide bonds. The molecule has 5 heteroatoms. The third kappa shape index (κ3) is 4.24. The summed E-state index contributed by atoms with van der Waals surface area (Å²) in [6.07, 6.45) is 4.33. The summed E-state index contributed by atoms with van der Waals surface area (Å²) in [5.41, 5.74) is 0.337. The van der Waals surface area contributed by atoms with Gasteiger partial charge in [-0.05, 0) is 42.8 Å². The summed E-state index contributed by atoms with van der Waals surface area (Å²) >= 11 is 0. The molecule has 0 saturated carbocycles. The number of furan rings is 1. The van der Waals surface area contributed by atoms with E-state index in [-0.39, 0.29) is 6.04 Å². The number of aliphatic hydroxyl groups excluding tert-OH is 1. The second-order valence-corrected chi connectivity index (χ2v) is 4.73. The van der Waals surface area contributed by atoms with Crippen molar-refractivity contribution in [2.45, 2.75) is 19.1 Å². The van der Waals surface area contributed by atoms with Crippen molar-refractivity contribution < 1.29 is 18.3 Å². The van der Waals surface area contributed by atoms with Crippen LogP contribution in [0.2, 0.25) is 0 Å². The minimum atomic E-state index is -0.962. The highest BCUT2D eigenvalue weighted by atomic mass is 19.2. The van der Waals surface area contributed by atoms with Crippen LogP contribution in [-0.4, -0.2) is 17.7 Å². The van der Waals surface area contributed by atoms with Crippen molar-refractivity contribution in [3.05, 3.63) is 65.6 Å². The molecule has 1 heterocycles. The van der Waals surface area contributed by atoms with Gasteiger partial charge in [-0.25, -0.2) is 8.78 Å². The highest BCUT2D eigenvalue weighted by molar-refractivity contribution is 5.42. The number of hydrogen-bond donors (Lipinski definition) is 2. The first-order chi connectivity index (χ1) is 10.1. The number of halogens is 2. The third-order valence-corrected chi connectivity index (χ3v) is 3.14. The Morgan fingerprint density at radius 2 is 2.10 bits per heavy atom. The molecule has 2 unspecified atom stereocenters. The number of aliphatic hydroxyl groups is 1. The molecule has 112 valence electrons. The Bertz CT molecular complexity index is 596. The van der Waals surface area contributed by atoms with E-state index in [1.165, 1.54) is 6.07 Å². The normalized spacial score (nSPS) is 14.5. The molecule has 0 saturated heterocycles. The van der Waals surface area contributed by atoms with Gasteiger partial charge in [0, 0.05) is 12.6 Å². The summed E-state index contributed by atoms with van der Waals surface area (Å²) in [6, 6.07) is 6.71. The molecule has 3 nitrogen and oxygen atoms in total. The van der Waals surface area contributed by atoms with Gasteiger partial charge in [0.05, 0.1) is 12.4 Å². The molecule has 0 fully saturated rings. The minimum Gasteiger partial charge on any atom is -0.465 e. The van der Waals surface area contributed by atoms with Crippen molar-refractivity contribution in [3.8, 4) is 0 Å². The fourth-order valence-electron chi connectivity index (χ4n) is 1.91. The van der Waals surface area contributed by atoms with Crippen molar-refractivity contribution in [1.29, 1.82) is 0 Å². The summed E-state index contributed by atoms with van der Waals surface area (Å²) < 4.78 is 31.1. The first-order valence-corrected chi connectivity index (χ1v) is 6.64. The fraction of sp³-hybridized carbons (Fsp3) is 0.250. The molecule has 21 heavy (non-hydrogen) atoms.